The van der Waals surface area contributed by atoms with Gasteiger partial charge in [0.15, 0.2) is 0 Å². The minimum atomic E-state index is -0.316. The molecule has 0 spiro atoms. The highest BCUT2D eigenvalue weighted by atomic mass is 16.5. The fourth-order valence-electron chi connectivity index (χ4n) is 3.87. The lowest BCUT2D eigenvalue weighted by molar-refractivity contribution is 0.236. The van der Waals surface area contributed by atoms with Crippen LogP contribution in [0.1, 0.15) is 28.6 Å². The van der Waals surface area contributed by atoms with E-state index in [2.05, 4.69) is 32.7 Å². The SMILES string of the molecule is COc1ccc(CC(NC(=O)NCc2ccc(CN(C)C)cc2)c2nc3ccccc3[nH]2)cc1. The van der Waals surface area contributed by atoms with Crippen molar-refractivity contribution in [2.45, 2.75) is 25.6 Å². The van der Waals surface area contributed by atoms with Gasteiger partial charge in [0.05, 0.1) is 24.2 Å². The zero-order valence-electron chi connectivity index (χ0n) is 19.8. The van der Waals surface area contributed by atoms with Gasteiger partial charge in [0.25, 0.3) is 0 Å². The molecule has 1 unspecified atom stereocenters. The molecule has 34 heavy (non-hydrogen) atoms. The predicted octanol–water partition coefficient (Wildman–Crippen LogP) is 4.42. The topological polar surface area (TPSA) is 82.3 Å². The third-order valence-corrected chi connectivity index (χ3v) is 5.62. The molecule has 1 heterocycles. The van der Waals surface area contributed by atoms with Crippen LogP contribution < -0.4 is 15.4 Å². The number of amides is 2. The van der Waals surface area contributed by atoms with Gasteiger partial charge in [0.1, 0.15) is 11.6 Å². The van der Waals surface area contributed by atoms with Gasteiger partial charge in [-0.15, -0.1) is 0 Å². The number of rotatable bonds is 9. The van der Waals surface area contributed by atoms with E-state index in [-0.39, 0.29) is 12.1 Å². The maximum Gasteiger partial charge on any atom is 0.315 e. The summed E-state index contributed by atoms with van der Waals surface area (Å²) in [4.78, 5) is 23.0. The number of carbonyl (C=O) groups excluding carboxylic acids is 1. The van der Waals surface area contributed by atoms with Crippen LogP contribution in [0.2, 0.25) is 0 Å². The van der Waals surface area contributed by atoms with E-state index < -0.39 is 0 Å². The maximum atomic E-state index is 12.8. The number of H-pyrrole nitrogens is 1. The van der Waals surface area contributed by atoms with E-state index in [1.54, 1.807) is 7.11 Å². The van der Waals surface area contributed by atoms with Crippen molar-refractivity contribution in [3.05, 3.63) is 95.3 Å². The number of benzene rings is 3. The van der Waals surface area contributed by atoms with Crippen LogP contribution in [-0.4, -0.2) is 42.1 Å². The standard InChI is InChI=1S/C27H31N5O2/c1-32(2)18-21-10-8-20(9-11-21)17-28-27(33)31-25(16-19-12-14-22(34-3)15-13-19)26-29-23-6-4-5-7-24(23)30-26/h4-15,25H,16-18H2,1-3H3,(H,29,30)(H2,28,31,33). The first-order valence-electron chi connectivity index (χ1n) is 11.3. The van der Waals surface area contributed by atoms with Gasteiger partial charge in [-0.05, 0) is 61.5 Å². The van der Waals surface area contributed by atoms with Crippen molar-refractivity contribution in [3.63, 3.8) is 0 Å². The molecule has 0 aliphatic rings. The summed E-state index contributed by atoms with van der Waals surface area (Å²) in [6, 6.07) is 23.4. The van der Waals surface area contributed by atoms with Crippen LogP contribution in [0.15, 0.2) is 72.8 Å². The highest BCUT2D eigenvalue weighted by Gasteiger charge is 2.19. The van der Waals surface area contributed by atoms with Crippen molar-refractivity contribution in [1.29, 1.82) is 0 Å². The summed E-state index contributed by atoms with van der Waals surface area (Å²) >= 11 is 0. The quantitative estimate of drug-likeness (QED) is 0.348. The van der Waals surface area contributed by atoms with E-state index in [1.165, 1.54) is 5.56 Å². The Labute approximate surface area is 200 Å². The number of para-hydroxylation sites is 2. The molecule has 0 bridgehead atoms. The van der Waals surface area contributed by atoms with Crippen molar-refractivity contribution in [1.82, 2.24) is 25.5 Å². The molecule has 2 amide bonds. The Kier molecular flexibility index (Phi) is 7.44. The molecule has 0 aliphatic heterocycles. The van der Waals surface area contributed by atoms with E-state index in [1.807, 2.05) is 74.8 Å². The Morgan fingerprint density at radius 3 is 2.32 bits per heavy atom. The van der Waals surface area contributed by atoms with Gasteiger partial charge in [-0.2, -0.15) is 0 Å². The van der Waals surface area contributed by atoms with Crippen LogP contribution in [0.5, 0.6) is 5.75 Å². The zero-order valence-corrected chi connectivity index (χ0v) is 19.8. The number of carbonyl (C=O) groups is 1. The third kappa shape index (κ3) is 6.14. The Bertz CT molecular complexity index is 1180. The Morgan fingerprint density at radius 1 is 0.971 bits per heavy atom. The van der Waals surface area contributed by atoms with Crippen LogP contribution in [0.4, 0.5) is 4.79 Å². The number of aromatic amines is 1. The Hall–Kier alpha value is -3.84. The molecular weight excluding hydrogens is 426 g/mol. The number of hydrogen-bond acceptors (Lipinski definition) is 4. The largest absolute Gasteiger partial charge is 0.497 e. The number of fused-ring (bicyclic) bond motifs is 1. The number of methoxy groups -OCH3 is 1. The number of nitrogens with one attached hydrogen (secondary N) is 3. The van der Waals surface area contributed by atoms with Gasteiger partial charge in [-0.1, -0.05) is 48.5 Å². The molecule has 0 aliphatic carbocycles. The molecule has 4 rings (SSSR count). The lowest BCUT2D eigenvalue weighted by Gasteiger charge is -2.18. The number of ether oxygens (including phenoxy) is 1. The van der Waals surface area contributed by atoms with Gasteiger partial charge in [-0.3, -0.25) is 0 Å². The number of aromatic nitrogens is 2. The average Bonchev–Trinajstić information content (AvgIpc) is 3.28. The van der Waals surface area contributed by atoms with Gasteiger partial charge in [0, 0.05) is 13.1 Å². The van der Waals surface area contributed by atoms with E-state index in [9.17, 15) is 4.79 Å². The Balaban J connectivity index is 1.45. The molecule has 0 radical (unpaired) electrons. The highest BCUT2D eigenvalue weighted by molar-refractivity contribution is 5.76. The fourth-order valence-corrected chi connectivity index (χ4v) is 3.87. The van der Waals surface area contributed by atoms with Crippen molar-refractivity contribution in [3.8, 4) is 5.75 Å². The molecular formula is C27H31N5O2. The molecule has 3 aromatic carbocycles. The third-order valence-electron chi connectivity index (χ3n) is 5.62. The first kappa shape index (κ1) is 23.3. The van der Waals surface area contributed by atoms with E-state index in [0.717, 1.165) is 40.3 Å². The van der Waals surface area contributed by atoms with Crippen LogP contribution in [0.3, 0.4) is 0 Å². The molecule has 0 saturated heterocycles. The van der Waals surface area contributed by atoms with Crippen LogP contribution >= 0.6 is 0 Å². The highest BCUT2D eigenvalue weighted by Crippen LogP contribution is 2.21. The van der Waals surface area contributed by atoms with Crippen molar-refractivity contribution in [2.75, 3.05) is 21.2 Å². The molecule has 7 heteroatoms. The van der Waals surface area contributed by atoms with Crippen molar-refractivity contribution in [2.24, 2.45) is 0 Å². The fraction of sp³-hybridized carbons (Fsp3) is 0.259. The Morgan fingerprint density at radius 2 is 1.65 bits per heavy atom. The van der Waals surface area contributed by atoms with Gasteiger partial charge >= 0.3 is 6.03 Å². The summed E-state index contributed by atoms with van der Waals surface area (Å²) in [5, 5.41) is 6.07. The number of urea groups is 1. The van der Waals surface area contributed by atoms with Gasteiger partial charge in [-0.25, -0.2) is 9.78 Å². The van der Waals surface area contributed by atoms with E-state index >= 15 is 0 Å². The monoisotopic (exact) mass is 457 g/mol. The zero-order chi connectivity index (χ0) is 23.9. The molecule has 176 valence electrons. The van der Waals surface area contributed by atoms with Gasteiger partial charge in [0.2, 0.25) is 0 Å². The van der Waals surface area contributed by atoms with Crippen LogP contribution in [0, 0.1) is 0 Å². The summed E-state index contributed by atoms with van der Waals surface area (Å²) in [6.07, 6.45) is 0.594. The number of hydrogen-bond donors (Lipinski definition) is 3. The molecule has 0 fully saturated rings. The van der Waals surface area contributed by atoms with Crippen molar-refractivity contribution < 1.29 is 9.53 Å². The normalized spacial score (nSPS) is 12.0. The smallest absolute Gasteiger partial charge is 0.315 e. The van der Waals surface area contributed by atoms with E-state index in [4.69, 9.17) is 9.72 Å². The van der Waals surface area contributed by atoms with E-state index in [0.29, 0.717) is 13.0 Å². The first-order valence-corrected chi connectivity index (χ1v) is 11.3. The first-order chi connectivity index (χ1) is 16.5. The number of nitrogens with zero attached hydrogens (tertiary/aromatic N) is 2. The molecule has 3 N–H and O–H groups in total. The second kappa shape index (κ2) is 10.9. The lowest BCUT2D eigenvalue weighted by Crippen LogP contribution is -2.38. The minimum Gasteiger partial charge on any atom is -0.497 e. The number of imidazole rings is 1. The molecule has 7 nitrogen and oxygen atoms in total. The second-order valence-corrected chi connectivity index (χ2v) is 8.63. The summed E-state index contributed by atoms with van der Waals surface area (Å²) in [7, 11) is 5.74. The minimum absolute atomic E-state index is 0.240. The van der Waals surface area contributed by atoms with Crippen LogP contribution in [0.25, 0.3) is 11.0 Å². The molecule has 0 saturated carbocycles. The lowest BCUT2D eigenvalue weighted by atomic mass is 10.1. The van der Waals surface area contributed by atoms with Crippen LogP contribution in [-0.2, 0) is 19.5 Å². The molecule has 1 atom stereocenters. The maximum absolute atomic E-state index is 12.8. The second-order valence-electron chi connectivity index (χ2n) is 8.63. The summed E-state index contributed by atoms with van der Waals surface area (Å²) in [5.74, 6) is 1.52. The van der Waals surface area contributed by atoms with Gasteiger partial charge < -0.3 is 25.3 Å². The predicted molar refractivity (Wildman–Crippen MR) is 135 cm³/mol. The summed E-state index contributed by atoms with van der Waals surface area (Å²) in [5.41, 5.74) is 5.17. The average molecular weight is 458 g/mol. The summed E-state index contributed by atoms with van der Waals surface area (Å²) < 4.78 is 5.26. The summed E-state index contributed by atoms with van der Waals surface area (Å²) in [6.45, 7) is 1.34. The molecule has 4 aromatic rings. The molecule has 1 aromatic heterocycles. The van der Waals surface area contributed by atoms with Crippen molar-refractivity contribution >= 4 is 17.1 Å².